The first-order valence-corrected chi connectivity index (χ1v) is 11.8. The largest absolute Gasteiger partial charge is 0.379 e. The van der Waals surface area contributed by atoms with Gasteiger partial charge in [0.15, 0.2) is 11.6 Å². The van der Waals surface area contributed by atoms with E-state index >= 15 is 0 Å². The molecule has 7 nitrogen and oxygen atoms in total. The molecule has 3 aromatic rings. The summed E-state index contributed by atoms with van der Waals surface area (Å²) in [5, 5.41) is 4.50. The lowest BCUT2D eigenvalue weighted by molar-refractivity contribution is -0.120. The second-order valence-electron chi connectivity index (χ2n) is 9.12. The third-order valence-electron chi connectivity index (χ3n) is 5.92. The molecule has 180 valence electrons. The number of nitrogens with zero attached hydrogens (tertiary/aromatic N) is 4. The first-order chi connectivity index (χ1) is 16.4. The van der Waals surface area contributed by atoms with Gasteiger partial charge < -0.3 is 4.74 Å². The zero-order valence-electron chi connectivity index (χ0n) is 19.7. The van der Waals surface area contributed by atoms with Gasteiger partial charge in [-0.05, 0) is 42.2 Å². The Morgan fingerprint density at radius 1 is 1.12 bits per heavy atom. The number of ether oxygens (including phenoxy) is 1. The number of hydrogen-bond donors (Lipinski definition) is 0. The monoisotopic (exact) mass is 466 g/mol. The van der Waals surface area contributed by atoms with Crippen LogP contribution in [0.15, 0.2) is 53.3 Å². The molecule has 0 radical (unpaired) electrons. The molecule has 1 saturated heterocycles. The van der Waals surface area contributed by atoms with Gasteiger partial charge in [-0.3, -0.25) is 14.3 Å². The summed E-state index contributed by atoms with van der Waals surface area (Å²) < 4.78 is 21.9. The highest BCUT2D eigenvalue weighted by Crippen LogP contribution is 2.19. The maximum Gasteiger partial charge on any atom is 0.351 e. The first kappa shape index (κ1) is 24.0. The van der Waals surface area contributed by atoms with Gasteiger partial charge in [0.1, 0.15) is 5.82 Å². The summed E-state index contributed by atoms with van der Waals surface area (Å²) >= 11 is 0. The molecule has 0 N–H and O–H groups in total. The lowest BCUT2D eigenvalue weighted by Crippen LogP contribution is -2.37. The normalized spacial score (nSPS) is 14.6. The molecule has 0 saturated carbocycles. The lowest BCUT2D eigenvalue weighted by atomic mass is 10.1. The highest BCUT2D eigenvalue weighted by atomic mass is 19.1. The molecule has 2 aromatic carbocycles. The molecule has 8 heteroatoms. The minimum absolute atomic E-state index is 0.0623. The number of rotatable bonds is 9. The Morgan fingerprint density at radius 3 is 2.53 bits per heavy atom. The molecule has 0 unspecified atom stereocenters. The van der Waals surface area contributed by atoms with Crippen molar-refractivity contribution in [3.05, 3.63) is 70.4 Å². The number of hydrogen-bond acceptors (Lipinski definition) is 5. The first-order valence-electron chi connectivity index (χ1n) is 11.8. The SMILES string of the molecule is CC(C)CC(=O)Cn1c(-c2cccc(F)c2)nn(-c2ccc(CCN3CCOCC3)cc2)c1=O. The maximum atomic E-state index is 13.9. The molecule has 1 aliphatic heterocycles. The van der Waals surface area contributed by atoms with E-state index in [-0.39, 0.29) is 24.1 Å². The highest BCUT2D eigenvalue weighted by Gasteiger charge is 2.19. The molecular formula is C26H31FN4O3. The topological polar surface area (TPSA) is 69.4 Å². The van der Waals surface area contributed by atoms with Gasteiger partial charge in [0.05, 0.1) is 25.4 Å². The maximum absolute atomic E-state index is 13.9. The number of benzene rings is 2. The van der Waals surface area contributed by atoms with Gasteiger partial charge in [0.2, 0.25) is 0 Å². The van der Waals surface area contributed by atoms with E-state index in [1.165, 1.54) is 26.9 Å². The summed E-state index contributed by atoms with van der Waals surface area (Å²) in [6.07, 6.45) is 1.26. The summed E-state index contributed by atoms with van der Waals surface area (Å²) in [7, 11) is 0. The van der Waals surface area contributed by atoms with Gasteiger partial charge in [0, 0.05) is 31.6 Å². The number of halogens is 1. The highest BCUT2D eigenvalue weighted by molar-refractivity contribution is 5.79. The van der Waals surface area contributed by atoms with Gasteiger partial charge >= 0.3 is 5.69 Å². The Hall–Kier alpha value is -3.10. The fourth-order valence-corrected chi connectivity index (χ4v) is 4.16. The third kappa shape index (κ3) is 5.87. The molecule has 34 heavy (non-hydrogen) atoms. The van der Waals surface area contributed by atoms with E-state index in [2.05, 4.69) is 10.00 Å². The van der Waals surface area contributed by atoms with E-state index in [0.717, 1.165) is 39.3 Å². The number of ketones is 1. The second kappa shape index (κ2) is 10.9. The van der Waals surface area contributed by atoms with Crippen molar-refractivity contribution >= 4 is 5.78 Å². The summed E-state index contributed by atoms with van der Waals surface area (Å²) in [6.45, 7) is 8.22. The van der Waals surface area contributed by atoms with E-state index < -0.39 is 11.5 Å². The van der Waals surface area contributed by atoms with Crippen molar-refractivity contribution in [3.8, 4) is 17.1 Å². The molecule has 4 rings (SSSR count). The van der Waals surface area contributed by atoms with Crippen molar-refractivity contribution < 1.29 is 13.9 Å². The molecule has 0 bridgehead atoms. The van der Waals surface area contributed by atoms with Crippen LogP contribution in [0.5, 0.6) is 0 Å². The molecule has 0 atom stereocenters. The molecule has 1 aliphatic rings. The minimum Gasteiger partial charge on any atom is -0.379 e. The summed E-state index contributed by atoms with van der Waals surface area (Å²) in [5.41, 5.74) is 1.81. The van der Waals surface area contributed by atoms with Crippen LogP contribution in [-0.4, -0.2) is 57.9 Å². The summed E-state index contributed by atoms with van der Waals surface area (Å²) in [5.74, 6) is -0.0317. The van der Waals surface area contributed by atoms with Gasteiger partial charge in [0.25, 0.3) is 0 Å². The summed E-state index contributed by atoms with van der Waals surface area (Å²) in [4.78, 5) is 28.2. The fraction of sp³-hybridized carbons (Fsp3) is 0.423. The van der Waals surface area contributed by atoms with Gasteiger partial charge in [-0.2, -0.15) is 4.68 Å². The van der Waals surface area contributed by atoms with E-state index in [4.69, 9.17) is 4.74 Å². The van der Waals surface area contributed by atoms with Crippen molar-refractivity contribution in [2.75, 3.05) is 32.8 Å². The van der Waals surface area contributed by atoms with Crippen LogP contribution in [0.1, 0.15) is 25.8 Å². The average Bonchev–Trinajstić information content (AvgIpc) is 3.14. The molecule has 0 amide bonds. The van der Waals surface area contributed by atoms with E-state index in [0.29, 0.717) is 17.7 Å². The third-order valence-corrected chi connectivity index (χ3v) is 5.92. The Morgan fingerprint density at radius 2 is 1.85 bits per heavy atom. The van der Waals surface area contributed by atoms with Crippen LogP contribution >= 0.6 is 0 Å². The Bertz CT molecular complexity index is 1180. The standard InChI is InChI=1S/C26H31FN4O3/c1-19(2)16-24(32)18-30-25(21-4-3-5-22(27)17-21)28-31(26(30)33)23-8-6-20(7-9-23)10-11-29-12-14-34-15-13-29/h3-9,17,19H,10-16,18H2,1-2H3. The lowest BCUT2D eigenvalue weighted by Gasteiger charge is -2.26. The van der Waals surface area contributed by atoms with E-state index in [1.807, 2.05) is 38.1 Å². The second-order valence-corrected chi connectivity index (χ2v) is 9.12. The summed E-state index contributed by atoms with van der Waals surface area (Å²) in [6, 6.07) is 13.6. The predicted octanol–water partition coefficient (Wildman–Crippen LogP) is 3.33. The zero-order valence-corrected chi connectivity index (χ0v) is 19.7. The van der Waals surface area contributed by atoms with E-state index in [1.54, 1.807) is 12.1 Å². The molecular weight excluding hydrogens is 435 g/mol. The smallest absolute Gasteiger partial charge is 0.351 e. The average molecular weight is 467 g/mol. The molecule has 1 fully saturated rings. The Balaban J connectivity index is 1.60. The molecule has 0 aliphatic carbocycles. The Labute approximate surface area is 198 Å². The van der Waals surface area contributed by atoms with Crippen LogP contribution in [0, 0.1) is 11.7 Å². The van der Waals surface area contributed by atoms with Crippen LogP contribution in [0.2, 0.25) is 0 Å². The van der Waals surface area contributed by atoms with Crippen LogP contribution < -0.4 is 5.69 Å². The predicted molar refractivity (Wildman–Crippen MR) is 129 cm³/mol. The van der Waals surface area contributed by atoms with Crippen LogP contribution in [0.3, 0.4) is 0 Å². The van der Waals surface area contributed by atoms with Crippen LogP contribution in [0.4, 0.5) is 4.39 Å². The zero-order chi connectivity index (χ0) is 24.1. The van der Waals surface area contributed by atoms with Crippen molar-refractivity contribution in [3.63, 3.8) is 0 Å². The number of carbonyl (C=O) groups is 1. The number of aromatic nitrogens is 3. The van der Waals surface area contributed by atoms with Gasteiger partial charge in [-0.1, -0.05) is 38.1 Å². The van der Waals surface area contributed by atoms with Gasteiger partial charge in [-0.25, -0.2) is 9.18 Å². The van der Waals surface area contributed by atoms with Crippen molar-refractivity contribution in [2.45, 2.75) is 33.2 Å². The van der Waals surface area contributed by atoms with Crippen molar-refractivity contribution in [1.29, 1.82) is 0 Å². The number of morpholine rings is 1. The number of Topliss-reactive ketones (excluding diaryl/α,β-unsaturated/α-hetero) is 1. The molecule has 0 spiro atoms. The van der Waals surface area contributed by atoms with Crippen molar-refractivity contribution in [2.24, 2.45) is 5.92 Å². The fourth-order valence-electron chi connectivity index (χ4n) is 4.16. The Kier molecular flexibility index (Phi) is 7.70. The number of carbonyl (C=O) groups excluding carboxylic acids is 1. The van der Waals surface area contributed by atoms with Crippen molar-refractivity contribution in [1.82, 2.24) is 19.2 Å². The molecule has 1 aromatic heterocycles. The van der Waals surface area contributed by atoms with E-state index in [9.17, 15) is 14.0 Å². The molecule has 2 heterocycles. The van der Waals surface area contributed by atoms with Crippen LogP contribution in [0.25, 0.3) is 17.1 Å². The van der Waals surface area contributed by atoms with Crippen LogP contribution in [-0.2, 0) is 22.5 Å². The quantitative estimate of drug-likeness (QED) is 0.484. The van der Waals surface area contributed by atoms with Gasteiger partial charge in [-0.15, -0.1) is 5.10 Å². The minimum atomic E-state index is -0.427.